The SMILES string of the molecule is COC(=O)Cc1ccc(N2C(=O)C(=O)/C(=C(\O)c3ccc(OC(C)C)c(C)c3)C2c2ccc(O)cc2)cc1. The van der Waals surface area contributed by atoms with Gasteiger partial charge in [0.05, 0.1) is 31.2 Å². The summed E-state index contributed by atoms with van der Waals surface area (Å²) in [5, 5.41) is 21.2. The molecule has 0 bridgehead atoms. The van der Waals surface area contributed by atoms with Crippen molar-refractivity contribution in [2.75, 3.05) is 12.0 Å². The molecule has 8 heteroatoms. The number of anilines is 1. The molecule has 0 radical (unpaired) electrons. The Bertz CT molecular complexity index is 1410. The Labute approximate surface area is 220 Å². The normalized spacial score (nSPS) is 16.7. The average molecular weight is 516 g/mol. The van der Waals surface area contributed by atoms with Gasteiger partial charge in [0.1, 0.15) is 17.3 Å². The van der Waals surface area contributed by atoms with Crippen LogP contribution in [0.25, 0.3) is 5.76 Å². The van der Waals surface area contributed by atoms with E-state index in [4.69, 9.17) is 9.47 Å². The Hall–Kier alpha value is -4.59. The Kier molecular flexibility index (Phi) is 7.52. The van der Waals surface area contributed by atoms with Crippen LogP contribution in [-0.4, -0.2) is 41.1 Å². The zero-order valence-corrected chi connectivity index (χ0v) is 21.6. The first-order chi connectivity index (χ1) is 18.1. The molecule has 1 aliphatic rings. The fourth-order valence-corrected chi connectivity index (χ4v) is 4.42. The quantitative estimate of drug-likeness (QED) is 0.201. The second-order valence-electron chi connectivity index (χ2n) is 9.33. The summed E-state index contributed by atoms with van der Waals surface area (Å²) in [6.07, 6.45) is 0.0272. The maximum Gasteiger partial charge on any atom is 0.309 e. The summed E-state index contributed by atoms with van der Waals surface area (Å²) in [6.45, 7) is 5.66. The lowest BCUT2D eigenvalue weighted by Crippen LogP contribution is -2.29. The first kappa shape index (κ1) is 26.5. The number of aromatic hydroxyl groups is 1. The minimum atomic E-state index is -0.950. The minimum absolute atomic E-state index is 0.0224. The fraction of sp³-hybridized carbons (Fsp3) is 0.233. The van der Waals surface area contributed by atoms with E-state index in [9.17, 15) is 24.6 Å². The highest BCUT2D eigenvalue weighted by Gasteiger charge is 2.47. The van der Waals surface area contributed by atoms with Crippen LogP contribution in [0, 0.1) is 6.92 Å². The summed E-state index contributed by atoms with van der Waals surface area (Å²) in [5.74, 6) is -1.68. The molecule has 196 valence electrons. The van der Waals surface area contributed by atoms with Crippen molar-refractivity contribution in [2.24, 2.45) is 0 Å². The summed E-state index contributed by atoms with van der Waals surface area (Å²) in [5.41, 5.74) is 2.68. The van der Waals surface area contributed by atoms with Gasteiger partial charge in [0.25, 0.3) is 11.7 Å². The van der Waals surface area contributed by atoms with E-state index >= 15 is 0 Å². The zero-order chi connectivity index (χ0) is 27.6. The topological polar surface area (TPSA) is 113 Å². The average Bonchev–Trinajstić information content (AvgIpc) is 3.15. The van der Waals surface area contributed by atoms with Crippen molar-refractivity contribution >= 4 is 29.1 Å². The number of hydrogen-bond acceptors (Lipinski definition) is 7. The Morgan fingerprint density at radius 3 is 2.24 bits per heavy atom. The predicted molar refractivity (Wildman–Crippen MR) is 142 cm³/mol. The smallest absolute Gasteiger partial charge is 0.309 e. The molecule has 1 aliphatic heterocycles. The molecule has 3 aromatic carbocycles. The number of Topliss-reactive ketones (excluding diaryl/α,β-unsaturated/α-hetero) is 1. The molecule has 38 heavy (non-hydrogen) atoms. The van der Waals surface area contributed by atoms with Crippen LogP contribution in [0.3, 0.4) is 0 Å². The Morgan fingerprint density at radius 2 is 1.66 bits per heavy atom. The number of esters is 1. The largest absolute Gasteiger partial charge is 0.508 e. The Morgan fingerprint density at radius 1 is 1.00 bits per heavy atom. The van der Waals surface area contributed by atoms with E-state index in [0.29, 0.717) is 28.1 Å². The van der Waals surface area contributed by atoms with Crippen molar-refractivity contribution < 1.29 is 34.1 Å². The number of ether oxygens (including phenoxy) is 2. The van der Waals surface area contributed by atoms with E-state index < -0.39 is 23.7 Å². The van der Waals surface area contributed by atoms with Crippen molar-refractivity contribution in [1.29, 1.82) is 0 Å². The highest BCUT2D eigenvalue weighted by atomic mass is 16.5. The van der Waals surface area contributed by atoms with Crippen LogP contribution in [0.1, 0.15) is 42.1 Å². The van der Waals surface area contributed by atoms with Gasteiger partial charge in [-0.05, 0) is 79.9 Å². The van der Waals surface area contributed by atoms with Crippen LogP contribution >= 0.6 is 0 Å². The second kappa shape index (κ2) is 10.8. The molecular formula is C30H29NO7. The van der Waals surface area contributed by atoms with Crippen LogP contribution in [0.4, 0.5) is 5.69 Å². The number of aryl methyl sites for hydroxylation is 1. The number of carbonyl (C=O) groups excluding carboxylic acids is 3. The van der Waals surface area contributed by atoms with Crippen molar-refractivity contribution in [3.63, 3.8) is 0 Å². The van der Waals surface area contributed by atoms with Gasteiger partial charge in [-0.3, -0.25) is 19.3 Å². The number of rotatable bonds is 7. The Balaban J connectivity index is 1.82. The molecule has 1 atom stereocenters. The number of methoxy groups -OCH3 is 1. The van der Waals surface area contributed by atoms with E-state index in [1.807, 2.05) is 20.8 Å². The number of benzene rings is 3. The minimum Gasteiger partial charge on any atom is -0.508 e. The number of phenolic OH excluding ortho intramolecular Hbond substituents is 1. The molecule has 0 spiro atoms. The molecule has 0 aromatic heterocycles. The number of amides is 1. The number of ketones is 1. The molecule has 1 amide bonds. The van der Waals surface area contributed by atoms with Gasteiger partial charge in [-0.15, -0.1) is 0 Å². The van der Waals surface area contributed by atoms with Gasteiger partial charge in [0, 0.05) is 11.3 Å². The van der Waals surface area contributed by atoms with Crippen LogP contribution in [0.15, 0.2) is 72.3 Å². The summed E-state index contributed by atoms with van der Waals surface area (Å²) in [6, 6.07) is 16.9. The molecule has 2 N–H and O–H groups in total. The molecule has 1 heterocycles. The molecule has 0 aliphatic carbocycles. The first-order valence-electron chi connectivity index (χ1n) is 12.1. The van der Waals surface area contributed by atoms with E-state index in [2.05, 4.69) is 0 Å². The van der Waals surface area contributed by atoms with Crippen molar-refractivity contribution in [3.05, 3.63) is 94.6 Å². The molecule has 1 unspecified atom stereocenters. The van der Waals surface area contributed by atoms with Crippen LogP contribution in [0.5, 0.6) is 11.5 Å². The zero-order valence-electron chi connectivity index (χ0n) is 21.6. The number of nitrogens with zero attached hydrogens (tertiary/aromatic N) is 1. The standard InChI is InChI=1S/C30H29NO7/c1-17(2)38-24-14-9-21(15-18(24)3)28(34)26-27(20-7-12-23(32)13-8-20)31(30(36)29(26)35)22-10-5-19(6-11-22)16-25(33)37-4/h5-15,17,27,32,34H,16H2,1-4H3/b28-26-. The van der Waals surface area contributed by atoms with Gasteiger partial charge in [-0.1, -0.05) is 24.3 Å². The summed E-state index contributed by atoms with van der Waals surface area (Å²) < 4.78 is 10.5. The lowest BCUT2D eigenvalue weighted by atomic mass is 9.94. The van der Waals surface area contributed by atoms with E-state index in [1.165, 1.54) is 24.1 Å². The molecule has 0 saturated carbocycles. The maximum atomic E-state index is 13.4. The van der Waals surface area contributed by atoms with Gasteiger partial charge >= 0.3 is 5.97 Å². The highest BCUT2D eigenvalue weighted by molar-refractivity contribution is 6.51. The van der Waals surface area contributed by atoms with Gasteiger partial charge in [-0.25, -0.2) is 0 Å². The van der Waals surface area contributed by atoms with Crippen molar-refractivity contribution in [1.82, 2.24) is 0 Å². The van der Waals surface area contributed by atoms with E-state index in [0.717, 1.165) is 5.56 Å². The summed E-state index contributed by atoms with van der Waals surface area (Å²) >= 11 is 0. The number of phenols is 1. The molecule has 1 saturated heterocycles. The third kappa shape index (κ3) is 5.25. The number of carbonyl (C=O) groups is 3. The molecule has 1 fully saturated rings. The lowest BCUT2D eigenvalue weighted by Gasteiger charge is -2.25. The van der Waals surface area contributed by atoms with Crippen molar-refractivity contribution in [3.8, 4) is 11.5 Å². The fourth-order valence-electron chi connectivity index (χ4n) is 4.42. The maximum absolute atomic E-state index is 13.4. The molecular weight excluding hydrogens is 486 g/mol. The van der Waals surface area contributed by atoms with Crippen LogP contribution < -0.4 is 9.64 Å². The summed E-state index contributed by atoms with van der Waals surface area (Å²) in [7, 11) is 1.31. The summed E-state index contributed by atoms with van der Waals surface area (Å²) in [4.78, 5) is 39.6. The van der Waals surface area contributed by atoms with Crippen LogP contribution in [0.2, 0.25) is 0 Å². The van der Waals surface area contributed by atoms with Gasteiger partial charge < -0.3 is 19.7 Å². The number of aliphatic hydroxyl groups is 1. The molecule has 8 nitrogen and oxygen atoms in total. The third-order valence-electron chi connectivity index (χ3n) is 6.25. The number of hydrogen-bond donors (Lipinski definition) is 2. The molecule has 4 rings (SSSR count). The predicted octanol–water partition coefficient (Wildman–Crippen LogP) is 4.83. The third-order valence-corrected chi connectivity index (χ3v) is 6.25. The van der Waals surface area contributed by atoms with E-state index in [-0.39, 0.29) is 29.6 Å². The molecule has 3 aromatic rings. The van der Waals surface area contributed by atoms with Crippen LogP contribution in [-0.2, 0) is 25.5 Å². The second-order valence-corrected chi connectivity index (χ2v) is 9.33. The van der Waals surface area contributed by atoms with E-state index in [1.54, 1.807) is 54.6 Å². The van der Waals surface area contributed by atoms with Crippen molar-refractivity contribution in [2.45, 2.75) is 39.3 Å². The van der Waals surface area contributed by atoms with Gasteiger partial charge in [0.2, 0.25) is 0 Å². The first-order valence-corrected chi connectivity index (χ1v) is 12.1. The lowest BCUT2D eigenvalue weighted by molar-refractivity contribution is -0.139. The van der Waals surface area contributed by atoms with Gasteiger partial charge in [0.15, 0.2) is 0 Å². The highest BCUT2D eigenvalue weighted by Crippen LogP contribution is 2.42. The number of aliphatic hydroxyl groups excluding tert-OH is 1. The van der Waals surface area contributed by atoms with Gasteiger partial charge in [-0.2, -0.15) is 0 Å². The monoisotopic (exact) mass is 515 g/mol.